The first-order valence-electron chi connectivity index (χ1n) is 7.37. The Kier molecular flexibility index (Phi) is 5.94. The number of rotatable bonds is 5. The van der Waals surface area contributed by atoms with Crippen LogP contribution in [0.1, 0.15) is 53.9 Å². The minimum atomic E-state index is 0.416. The second-order valence-electron chi connectivity index (χ2n) is 6.88. The number of nitrogens with one attached hydrogen (secondary N) is 2. The molecule has 0 radical (unpaired) electrons. The van der Waals surface area contributed by atoms with Gasteiger partial charge in [-0.05, 0) is 43.2 Å². The summed E-state index contributed by atoms with van der Waals surface area (Å²) >= 11 is 0. The highest BCUT2D eigenvalue weighted by Crippen LogP contribution is 2.24. The van der Waals surface area contributed by atoms with Crippen molar-refractivity contribution in [3.8, 4) is 0 Å². The van der Waals surface area contributed by atoms with Gasteiger partial charge in [0.25, 0.3) is 0 Å². The van der Waals surface area contributed by atoms with Crippen LogP contribution in [0.25, 0.3) is 0 Å². The summed E-state index contributed by atoms with van der Waals surface area (Å²) in [5.74, 6) is 1.68. The molecule has 0 aromatic carbocycles. The molecule has 2 nitrogen and oxygen atoms in total. The van der Waals surface area contributed by atoms with Gasteiger partial charge in [-0.25, -0.2) is 0 Å². The maximum absolute atomic E-state index is 3.64. The summed E-state index contributed by atoms with van der Waals surface area (Å²) in [6.45, 7) is 15.1. The van der Waals surface area contributed by atoms with Crippen LogP contribution < -0.4 is 10.6 Å². The van der Waals surface area contributed by atoms with Gasteiger partial charge in [0.1, 0.15) is 0 Å². The normalized spacial score (nSPS) is 28.1. The lowest BCUT2D eigenvalue weighted by Crippen LogP contribution is -2.45. The topological polar surface area (TPSA) is 24.1 Å². The number of hydrogen-bond donors (Lipinski definition) is 2. The molecule has 1 aliphatic rings. The van der Waals surface area contributed by atoms with Crippen molar-refractivity contribution < 1.29 is 0 Å². The van der Waals surface area contributed by atoms with Crippen molar-refractivity contribution in [2.24, 2.45) is 17.3 Å². The van der Waals surface area contributed by atoms with E-state index in [2.05, 4.69) is 45.3 Å². The highest BCUT2D eigenvalue weighted by molar-refractivity contribution is 4.80. The van der Waals surface area contributed by atoms with Crippen LogP contribution in [-0.2, 0) is 0 Å². The van der Waals surface area contributed by atoms with Gasteiger partial charge < -0.3 is 10.6 Å². The third-order valence-corrected chi connectivity index (χ3v) is 4.50. The van der Waals surface area contributed by atoms with E-state index in [9.17, 15) is 0 Å². The molecule has 0 aliphatic carbocycles. The van der Waals surface area contributed by atoms with Gasteiger partial charge in [0.15, 0.2) is 0 Å². The fourth-order valence-corrected chi connectivity index (χ4v) is 2.40. The highest BCUT2D eigenvalue weighted by Gasteiger charge is 2.22. The van der Waals surface area contributed by atoms with E-state index in [1.807, 2.05) is 0 Å². The van der Waals surface area contributed by atoms with Crippen molar-refractivity contribution in [2.45, 2.75) is 59.9 Å². The molecule has 3 atom stereocenters. The van der Waals surface area contributed by atoms with Crippen LogP contribution in [0.15, 0.2) is 0 Å². The molecule has 0 aromatic heterocycles. The summed E-state index contributed by atoms with van der Waals surface area (Å²) in [4.78, 5) is 0. The van der Waals surface area contributed by atoms with Crippen molar-refractivity contribution >= 4 is 0 Å². The van der Waals surface area contributed by atoms with E-state index in [1.165, 1.54) is 25.8 Å². The van der Waals surface area contributed by atoms with Crippen LogP contribution in [-0.4, -0.2) is 25.7 Å². The second kappa shape index (κ2) is 6.75. The molecule has 102 valence electrons. The van der Waals surface area contributed by atoms with Crippen LogP contribution in [0.3, 0.4) is 0 Å². The Labute approximate surface area is 108 Å². The third kappa shape index (κ3) is 5.39. The van der Waals surface area contributed by atoms with E-state index in [4.69, 9.17) is 0 Å². The molecule has 0 bridgehead atoms. The summed E-state index contributed by atoms with van der Waals surface area (Å²) in [5, 5.41) is 7.28. The molecule has 1 rings (SSSR count). The summed E-state index contributed by atoms with van der Waals surface area (Å²) in [5.41, 5.74) is 0.416. The van der Waals surface area contributed by atoms with E-state index in [-0.39, 0.29) is 0 Å². The Morgan fingerprint density at radius 3 is 2.65 bits per heavy atom. The molecule has 0 aromatic rings. The molecular weight excluding hydrogens is 208 g/mol. The van der Waals surface area contributed by atoms with Crippen molar-refractivity contribution in [2.75, 3.05) is 19.6 Å². The van der Waals surface area contributed by atoms with Crippen molar-refractivity contribution in [1.82, 2.24) is 10.6 Å². The molecule has 0 saturated carbocycles. The standard InChI is InChI=1S/C15H32N2/c1-6-13-7-8-17-14(9-13)11-16-10-12(2)15(3,4)5/h12-14,16-17H,6-11H2,1-5H3. The quantitative estimate of drug-likeness (QED) is 0.772. The average Bonchev–Trinajstić information content (AvgIpc) is 2.28. The van der Waals surface area contributed by atoms with Crippen LogP contribution >= 0.6 is 0 Å². The van der Waals surface area contributed by atoms with E-state index in [1.54, 1.807) is 0 Å². The van der Waals surface area contributed by atoms with Gasteiger partial charge in [0.2, 0.25) is 0 Å². The highest BCUT2D eigenvalue weighted by atomic mass is 15.0. The molecule has 2 heteroatoms. The predicted octanol–water partition coefficient (Wildman–Crippen LogP) is 3.04. The van der Waals surface area contributed by atoms with E-state index < -0.39 is 0 Å². The van der Waals surface area contributed by atoms with Crippen LogP contribution in [0.2, 0.25) is 0 Å². The molecule has 1 aliphatic heterocycles. The summed E-state index contributed by atoms with van der Waals surface area (Å²) < 4.78 is 0. The zero-order valence-corrected chi connectivity index (χ0v) is 12.5. The van der Waals surface area contributed by atoms with E-state index in [0.717, 1.165) is 24.9 Å². The van der Waals surface area contributed by atoms with Gasteiger partial charge in [-0.1, -0.05) is 41.0 Å². The Bertz CT molecular complexity index is 207. The summed E-state index contributed by atoms with van der Waals surface area (Å²) in [6, 6.07) is 0.695. The van der Waals surface area contributed by atoms with Gasteiger partial charge in [-0.3, -0.25) is 0 Å². The molecule has 3 unspecified atom stereocenters. The van der Waals surface area contributed by atoms with Gasteiger partial charge in [0, 0.05) is 12.6 Å². The van der Waals surface area contributed by atoms with E-state index in [0.29, 0.717) is 11.5 Å². The summed E-state index contributed by atoms with van der Waals surface area (Å²) in [7, 11) is 0. The number of piperidine rings is 1. The van der Waals surface area contributed by atoms with Gasteiger partial charge in [-0.15, -0.1) is 0 Å². The molecule has 0 spiro atoms. The van der Waals surface area contributed by atoms with E-state index >= 15 is 0 Å². The lowest BCUT2D eigenvalue weighted by Gasteiger charge is -2.32. The van der Waals surface area contributed by atoms with Crippen molar-refractivity contribution in [1.29, 1.82) is 0 Å². The zero-order valence-electron chi connectivity index (χ0n) is 12.5. The molecule has 1 saturated heterocycles. The fraction of sp³-hybridized carbons (Fsp3) is 1.00. The summed E-state index contributed by atoms with van der Waals surface area (Å²) in [6.07, 6.45) is 4.06. The van der Waals surface area contributed by atoms with Crippen LogP contribution in [0.4, 0.5) is 0 Å². The lowest BCUT2D eigenvalue weighted by atomic mass is 9.82. The first-order valence-corrected chi connectivity index (χ1v) is 7.37. The minimum absolute atomic E-state index is 0.416. The van der Waals surface area contributed by atoms with Gasteiger partial charge in [0.05, 0.1) is 0 Å². The van der Waals surface area contributed by atoms with Crippen molar-refractivity contribution in [3.05, 3.63) is 0 Å². The fourth-order valence-electron chi connectivity index (χ4n) is 2.40. The molecule has 1 heterocycles. The minimum Gasteiger partial charge on any atom is -0.315 e. The smallest absolute Gasteiger partial charge is 0.0195 e. The number of hydrogen-bond acceptors (Lipinski definition) is 2. The molecule has 0 amide bonds. The maximum atomic E-state index is 3.64. The Morgan fingerprint density at radius 1 is 1.35 bits per heavy atom. The maximum Gasteiger partial charge on any atom is 0.0195 e. The van der Waals surface area contributed by atoms with Crippen molar-refractivity contribution in [3.63, 3.8) is 0 Å². The SMILES string of the molecule is CCC1CCNC(CNCC(C)C(C)(C)C)C1. The van der Waals surface area contributed by atoms with Crippen LogP contribution in [0, 0.1) is 17.3 Å². The Morgan fingerprint density at radius 2 is 2.06 bits per heavy atom. The van der Waals surface area contributed by atoms with Gasteiger partial charge in [-0.2, -0.15) is 0 Å². The molecule has 1 fully saturated rings. The zero-order chi connectivity index (χ0) is 12.9. The second-order valence-corrected chi connectivity index (χ2v) is 6.88. The van der Waals surface area contributed by atoms with Gasteiger partial charge >= 0.3 is 0 Å². The lowest BCUT2D eigenvalue weighted by molar-refractivity contribution is 0.239. The first-order chi connectivity index (χ1) is 7.93. The largest absolute Gasteiger partial charge is 0.315 e. The monoisotopic (exact) mass is 240 g/mol. The first kappa shape index (κ1) is 15.0. The Hall–Kier alpha value is -0.0800. The van der Waals surface area contributed by atoms with Crippen LogP contribution in [0.5, 0.6) is 0 Å². The Balaban J connectivity index is 2.18. The average molecular weight is 240 g/mol. The molecule has 2 N–H and O–H groups in total. The third-order valence-electron chi connectivity index (χ3n) is 4.50. The molecular formula is C15H32N2. The molecule has 17 heavy (non-hydrogen) atoms. The predicted molar refractivity (Wildman–Crippen MR) is 76.3 cm³/mol.